The second-order valence-corrected chi connectivity index (χ2v) is 8.47. The van der Waals surface area contributed by atoms with Gasteiger partial charge in [0.1, 0.15) is 5.69 Å². The van der Waals surface area contributed by atoms with Crippen molar-refractivity contribution in [2.45, 2.75) is 13.8 Å². The van der Waals surface area contributed by atoms with E-state index < -0.39 is 0 Å². The molecule has 0 bridgehead atoms. The molecule has 0 radical (unpaired) electrons. The predicted molar refractivity (Wildman–Crippen MR) is 147 cm³/mol. The van der Waals surface area contributed by atoms with Crippen LogP contribution in [0.4, 0.5) is 0 Å². The number of aromatic amines is 2. The Hall–Kier alpha value is -4.22. The summed E-state index contributed by atoms with van der Waals surface area (Å²) in [5.74, 6) is 0. The summed E-state index contributed by atoms with van der Waals surface area (Å²) in [4.78, 5) is 7.74. The van der Waals surface area contributed by atoms with E-state index in [9.17, 15) is 0 Å². The van der Waals surface area contributed by atoms with Gasteiger partial charge in [0.15, 0.2) is 0 Å². The van der Waals surface area contributed by atoms with Gasteiger partial charge in [-0.1, -0.05) is 49.9 Å². The zero-order chi connectivity index (χ0) is 24.2. The summed E-state index contributed by atoms with van der Waals surface area (Å²) in [6.07, 6.45) is 9.90. The molecule has 0 unspecified atom stereocenters. The van der Waals surface area contributed by atoms with E-state index in [-0.39, 0.29) is 0 Å². The van der Waals surface area contributed by atoms with Gasteiger partial charge in [-0.05, 0) is 77.7 Å². The fourth-order valence-electron chi connectivity index (χ4n) is 4.45. The molecule has 3 heterocycles. The van der Waals surface area contributed by atoms with Crippen LogP contribution in [0, 0.1) is 0 Å². The number of pyridine rings is 1. The maximum atomic E-state index is 4.68. The molecule has 0 atom stereocenters. The van der Waals surface area contributed by atoms with Crippen molar-refractivity contribution >= 4 is 27.4 Å². The van der Waals surface area contributed by atoms with Crippen molar-refractivity contribution in [1.29, 1.82) is 0 Å². The van der Waals surface area contributed by atoms with E-state index in [1.54, 1.807) is 0 Å². The highest BCUT2D eigenvalue weighted by Crippen LogP contribution is 2.34. The largest absolute Gasteiger partial charge is 0.353 e. The Morgan fingerprint density at radius 1 is 1.03 bits per heavy atom. The Labute approximate surface area is 205 Å². The lowest BCUT2D eigenvalue weighted by Crippen LogP contribution is -2.15. The monoisotopic (exact) mass is 459 g/mol. The fourth-order valence-corrected chi connectivity index (χ4v) is 4.45. The van der Waals surface area contributed by atoms with Gasteiger partial charge in [-0.15, -0.1) is 0 Å². The van der Waals surface area contributed by atoms with Crippen molar-refractivity contribution in [2.75, 3.05) is 13.1 Å². The molecular weight excluding hydrogens is 430 g/mol. The highest BCUT2D eigenvalue weighted by atomic mass is 15.1. The Morgan fingerprint density at radius 3 is 2.66 bits per heavy atom. The molecule has 5 nitrogen and oxygen atoms in total. The van der Waals surface area contributed by atoms with Crippen molar-refractivity contribution in [1.82, 2.24) is 25.5 Å². The number of allylic oxidation sites excluding steroid dienone is 3. The SMILES string of the molecule is C=C/C(=C\C(=C/C)c1ccc2[nH]nc(-c3cc4c(-c5ccncc5)cccc4[nH]3)c2c1)CNCC. The van der Waals surface area contributed by atoms with E-state index in [0.29, 0.717) is 0 Å². The molecule has 5 heteroatoms. The van der Waals surface area contributed by atoms with Crippen LogP contribution in [-0.4, -0.2) is 33.3 Å². The number of nitrogens with one attached hydrogen (secondary N) is 3. The van der Waals surface area contributed by atoms with E-state index in [1.807, 2.05) is 30.6 Å². The molecule has 0 saturated carbocycles. The quantitative estimate of drug-likeness (QED) is 0.221. The van der Waals surface area contributed by atoms with Crippen LogP contribution in [0.1, 0.15) is 19.4 Å². The number of fused-ring (bicyclic) bond motifs is 2. The summed E-state index contributed by atoms with van der Waals surface area (Å²) in [5, 5.41) is 13.5. The molecule has 5 aromatic rings. The smallest absolute Gasteiger partial charge is 0.116 e. The van der Waals surface area contributed by atoms with Gasteiger partial charge in [0.2, 0.25) is 0 Å². The third-order valence-corrected chi connectivity index (χ3v) is 6.30. The molecule has 35 heavy (non-hydrogen) atoms. The topological polar surface area (TPSA) is 69.4 Å². The Morgan fingerprint density at radius 2 is 1.89 bits per heavy atom. The first kappa shape index (κ1) is 22.6. The molecule has 0 aliphatic rings. The molecule has 3 N–H and O–H groups in total. The third-order valence-electron chi connectivity index (χ3n) is 6.30. The van der Waals surface area contributed by atoms with Gasteiger partial charge < -0.3 is 10.3 Å². The van der Waals surface area contributed by atoms with E-state index in [1.165, 1.54) is 5.56 Å². The van der Waals surface area contributed by atoms with Crippen LogP contribution in [0.15, 0.2) is 97.4 Å². The van der Waals surface area contributed by atoms with E-state index >= 15 is 0 Å². The zero-order valence-electron chi connectivity index (χ0n) is 20.1. The fraction of sp³-hybridized carbons (Fsp3) is 0.133. The molecule has 0 aliphatic heterocycles. The molecule has 5 rings (SSSR count). The summed E-state index contributed by atoms with van der Waals surface area (Å²) >= 11 is 0. The maximum Gasteiger partial charge on any atom is 0.116 e. The Kier molecular flexibility index (Phi) is 6.42. The van der Waals surface area contributed by atoms with Crippen LogP contribution >= 0.6 is 0 Å². The number of hydrogen-bond acceptors (Lipinski definition) is 3. The van der Waals surface area contributed by atoms with Crippen molar-refractivity contribution < 1.29 is 0 Å². The first-order valence-electron chi connectivity index (χ1n) is 11.9. The average Bonchev–Trinajstić information content (AvgIpc) is 3.53. The van der Waals surface area contributed by atoms with Crippen LogP contribution < -0.4 is 5.32 Å². The number of hydrogen-bond donors (Lipinski definition) is 3. The van der Waals surface area contributed by atoms with E-state index in [0.717, 1.165) is 68.6 Å². The number of H-pyrrole nitrogens is 2. The molecule has 0 amide bonds. The van der Waals surface area contributed by atoms with Crippen LogP contribution in [0.25, 0.3) is 49.9 Å². The lowest BCUT2D eigenvalue weighted by molar-refractivity contribution is 0.785. The van der Waals surface area contributed by atoms with Crippen molar-refractivity contribution in [3.05, 3.63) is 103 Å². The van der Waals surface area contributed by atoms with Gasteiger partial charge in [0.05, 0.1) is 11.2 Å². The Bertz CT molecular complexity index is 1550. The van der Waals surface area contributed by atoms with Crippen LogP contribution in [0.2, 0.25) is 0 Å². The number of rotatable bonds is 8. The van der Waals surface area contributed by atoms with Crippen molar-refractivity contribution in [3.8, 4) is 22.5 Å². The third kappa shape index (κ3) is 4.46. The summed E-state index contributed by atoms with van der Waals surface area (Å²) in [5.41, 5.74) is 9.77. The summed E-state index contributed by atoms with van der Waals surface area (Å²) in [7, 11) is 0. The lowest BCUT2D eigenvalue weighted by Gasteiger charge is -2.07. The summed E-state index contributed by atoms with van der Waals surface area (Å²) in [6, 6.07) is 19.0. The van der Waals surface area contributed by atoms with Gasteiger partial charge in [0, 0.05) is 35.2 Å². The molecule has 0 fully saturated rings. The molecule has 3 aromatic heterocycles. The Balaban J connectivity index is 1.58. The predicted octanol–water partition coefficient (Wildman–Crippen LogP) is 6.90. The molecule has 0 aliphatic carbocycles. The minimum atomic E-state index is 0.797. The van der Waals surface area contributed by atoms with Crippen LogP contribution in [0.5, 0.6) is 0 Å². The zero-order valence-corrected chi connectivity index (χ0v) is 20.1. The highest BCUT2D eigenvalue weighted by Gasteiger charge is 2.14. The number of likely N-dealkylation sites (N-methyl/N-ethyl adjacent to an activating group) is 1. The van der Waals surface area contributed by atoms with Gasteiger partial charge in [0.25, 0.3) is 0 Å². The minimum Gasteiger partial charge on any atom is -0.353 e. The van der Waals surface area contributed by atoms with E-state index in [4.69, 9.17) is 0 Å². The number of benzene rings is 2. The molecule has 0 spiro atoms. The van der Waals surface area contributed by atoms with Crippen molar-refractivity contribution in [2.24, 2.45) is 0 Å². The van der Waals surface area contributed by atoms with E-state index in [2.05, 4.69) is 101 Å². The molecular formula is C30H29N5. The van der Waals surface area contributed by atoms with Gasteiger partial charge in [-0.2, -0.15) is 5.10 Å². The van der Waals surface area contributed by atoms with Gasteiger partial charge in [-0.25, -0.2) is 0 Å². The standard InChI is InChI=1S/C30H29N5/c1-4-20(19-31-6-3)16-21(5-2)23-10-11-28-26(17-23)30(35-34-28)29-18-25-24(8-7-9-27(25)33-29)22-12-14-32-15-13-22/h4-5,7-18,31,33H,1,6,19H2,2-3H3,(H,34,35)/b20-16+,21-5+. The summed E-state index contributed by atoms with van der Waals surface area (Å²) in [6.45, 7) is 9.88. The highest BCUT2D eigenvalue weighted by molar-refractivity contribution is 6.01. The first-order valence-corrected chi connectivity index (χ1v) is 11.9. The number of nitrogens with zero attached hydrogens (tertiary/aromatic N) is 2. The normalized spacial score (nSPS) is 12.5. The lowest BCUT2D eigenvalue weighted by atomic mass is 9.99. The minimum absolute atomic E-state index is 0.797. The number of aromatic nitrogens is 4. The average molecular weight is 460 g/mol. The van der Waals surface area contributed by atoms with Crippen molar-refractivity contribution in [3.63, 3.8) is 0 Å². The first-order chi connectivity index (χ1) is 17.2. The molecule has 174 valence electrons. The van der Waals surface area contributed by atoms with Crippen LogP contribution in [0.3, 0.4) is 0 Å². The molecule has 2 aromatic carbocycles. The van der Waals surface area contributed by atoms with Crippen LogP contribution in [-0.2, 0) is 0 Å². The van der Waals surface area contributed by atoms with Gasteiger partial charge in [-0.3, -0.25) is 10.1 Å². The maximum absolute atomic E-state index is 4.68. The van der Waals surface area contributed by atoms with Gasteiger partial charge >= 0.3 is 0 Å². The summed E-state index contributed by atoms with van der Waals surface area (Å²) < 4.78 is 0. The second-order valence-electron chi connectivity index (χ2n) is 8.47. The molecule has 0 saturated heterocycles. The second kappa shape index (κ2) is 9.95.